The quantitative estimate of drug-likeness (QED) is 0.659. The van der Waals surface area contributed by atoms with Gasteiger partial charge in [0, 0.05) is 0 Å². The summed E-state index contributed by atoms with van der Waals surface area (Å²) in [4.78, 5) is 0. The molecule has 0 aliphatic heterocycles. The summed E-state index contributed by atoms with van der Waals surface area (Å²) in [6.45, 7) is 7.28. The smallest absolute Gasteiger partial charge is 0.119 e. The van der Waals surface area contributed by atoms with E-state index in [1.54, 1.807) is 0 Å². The molecule has 1 rings (SSSR count). The van der Waals surface area contributed by atoms with E-state index < -0.39 is 0 Å². The van der Waals surface area contributed by atoms with Crippen molar-refractivity contribution in [3.63, 3.8) is 0 Å². The van der Waals surface area contributed by atoms with Crippen molar-refractivity contribution in [2.24, 2.45) is 0 Å². The Morgan fingerprint density at radius 2 is 1.78 bits per heavy atom. The second kappa shape index (κ2) is 8.95. The summed E-state index contributed by atoms with van der Waals surface area (Å²) in [5, 5.41) is 6.59. The summed E-state index contributed by atoms with van der Waals surface area (Å²) in [6, 6.07) is 8.40. The summed E-state index contributed by atoms with van der Waals surface area (Å²) in [6.07, 6.45) is 2.49. The number of nitrogens with one attached hydrogen (secondary N) is 2. The van der Waals surface area contributed by atoms with Crippen molar-refractivity contribution in [1.29, 1.82) is 0 Å². The molecule has 3 nitrogen and oxygen atoms in total. The lowest BCUT2D eigenvalue weighted by molar-refractivity contribution is 0.242. The maximum Gasteiger partial charge on any atom is 0.119 e. The molecule has 0 saturated heterocycles. The first kappa shape index (κ1) is 15.0. The fourth-order valence-corrected chi connectivity index (χ4v) is 1.75. The van der Waals surface area contributed by atoms with Crippen LogP contribution in [0.3, 0.4) is 0 Å². The van der Waals surface area contributed by atoms with E-state index >= 15 is 0 Å². The van der Waals surface area contributed by atoms with Gasteiger partial charge in [-0.25, -0.2) is 0 Å². The Morgan fingerprint density at radius 1 is 1.06 bits per heavy atom. The zero-order chi connectivity index (χ0) is 13.2. The molecule has 3 heteroatoms. The molecule has 0 heterocycles. The molecule has 0 radical (unpaired) electrons. The number of ether oxygens (including phenoxy) is 1. The first-order valence-corrected chi connectivity index (χ1v) is 6.83. The third kappa shape index (κ3) is 6.62. The Hall–Kier alpha value is -1.06. The average Bonchev–Trinajstić information content (AvgIpc) is 2.35. The predicted octanol–water partition coefficient (Wildman–Crippen LogP) is 2.22. The summed E-state index contributed by atoms with van der Waals surface area (Å²) >= 11 is 0. The van der Waals surface area contributed by atoms with Gasteiger partial charge in [0.1, 0.15) is 5.75 Å². The standard InChI is InChI=1S/C15H26N2O/c1-13(2)18-15-7-5-14(6-8-15)9-12-17-11-4-10-16-3/h5-8,13,16-17H,4,9-12H2,1-3H3. The molecule has 0 aromatic heterocycles. The van der Waals surface area contributed by atoms with Crippen LogP contribution < -0.4 is 15.4 Å². The Balaban J connectivity index is 2.18. The highest BCUT2D eigenvalue weighted by molar-refractivity contribution is 5.27. The Morgan fingerprint density at radius 3 is 2.39 bits per heavy atom. The maximum atomic E-state index is 5.62. The molecule has 1 aromatic carbocycles. The minimum absolute atomic E-state index is 0.240. The van der Waals surface area contributed by atoms with Gasteiger partial charge >= 0.3 is 0 Å². The van der Waals surface area contributed by atoms with Crippen molar-refractivity contribution in [2.45, 2.75) is 32.8 Å². The lowest BCUT2D eigenvalue weighted by atomic mass is 10.1. The highest BCUT2D eigenvalue weighted by atomic mass is 16.5. The molecule has 0 spiro atoms. The van der Waals surface area contributed by atoms with Crippen molar-refractivity contribution >= 4 is 0 Å². The van der Waals surface area contributed by atoms with Crippen LogP contribution in [0.4, 0.5) is 0 Å². The summed E-state index contributed by atoms with van der Waals surface area (Å²) in [5.74, 6) is 0.954. The average molecular weight is 250 g/mol. The lowest BCUT2D eigenvalue weighted by Gasteiger charge is -2.10. The van der Waals surface area contributed by atoms with Crippen molar-refractivity contribution in [3.8, 4) is 5.75 Å². The fraction of sp³-hybridized carbons (Fsp3) is 0.600. The topological polar surface area (TPSA) is 33.3 Å². The second-order valence-electron chi connectivity index (χ2n) is 4.77. The number of hydrogen-bond acceptors (Lipinski definition) is 3. The van der Waals surface area contributed by atoms with Crippen LogP contribution in [0.2, 0.25) is 0 Å². The molecule has 0 saturated carbocycles. The predicted molar refractivity (Wildman–Crippen MR) is 77.3 cm³/mol. The molecule has 0 bridgehead atoms. The molecule has 0 fully saturated rings. The van der Waals surface area contributed by atoms with Crippen LogP contribution in [-0.2, 0) is 6.42 Å². The molecule has 0 atom stereocenters. The molecule has 0 amide bonds. The monoisotopic (exact) mass is 250 g/mol. The van der Waals surface area contributed by atoms with E-state index in [1.165, 1.54) is 12.0 Å². The van der Waals surface area contributed by atoms with Crippen molar-refractivity contribution in [3.05, 3.63) is 29.8 Å². The van der Waals surface area contributed by atoms with E-state index in [2.05, 4.69) is 34.9 Å². The van der Waals surface area contributed by atoms with E-state index in [4.69, 9.17) is 4.74 Å². The normalized spacial score (nSPS) is 10.9. The molecule has 18 heavy (non-hydrogen) atoms. The van der Waals surface area contributed by atoms with Gasteiger partial charge in [0.15, 0.2) is 0 Å². The van der Waals surface area contributed by atoms with E-state index in [9.17, 15) is 0 Å². The lowest BCUT2D eigenvalue weighted by Crippen LogP contribution is -2.21. The van der Waals surface area contributed by atoms with Crippen LogP contribution >= 0.6 is 0 Å². The highest BCUT2D eigenvalue weighted by Gasteiger charge is 1.98. The van der Waals surface area contributed by atoms with Crippen LogP contribution in [-0.4, -0.2) is 32.8 Å². The second-order valence-corrected chi connectivity index (χ2v) is 4.77. The fourth-order valence-electron chi connectivity index (χ4n) is 1.75. The molecule has 0 aliphatic rings. The number of rotatable bonds is 9. The van der Waals surface area contributed by atoms with Gasteiger partial charge in [-0.1, -0.05) is 12.1 Å². The molecule has 2 N–H and O–H groups in total. The Labute approximate surface area is 111 Å². The van der Waals surface area contributed by atoms with Crippen LogP contribution in [0.25, 0.3) is 0 Å². The van der Waals surface area contributed by atoms with Crippen molar-refractivity contribution in [1.82, 2.24) is 10.6 Å². The maximum absolute atomic E-state index is 5.62. The van der Waals surface area contributed by atoms with Gasteiger partial charge in [0.2, 0.25) is 0 Å². The first-order chi connectivity index (χ1) is 8.72. The molecule has 1 aromatic rings. The van der Waals surface area contributed by atoms with Crippen LogP contribution in [0, 0.1) is 0 Å². The third-order valence-electron chi connectivity index (χ3n) is 2.67. The van der Waals surface area contributed by atoms with Gasteiger partial charge in [0.25, 0.3) is 0 Å². The first-order valence-electron chi connectivity index (χ1n) is 6.83. The number of benzene rings is 1. The van der Waals surface area contributed by atoms with E-state index in [-0.39, 0.29) is 6.10 Å². The molecular weight excluding hydrogens is 224 g/mol. The molecule has 0 aliphatic carbocycles. The number of hydrogen-bond donors (Lipinski definition) is 2. The van der Waals surface area contributed by atoms with Crippen LogP contribution in [0.15, 0.2) is 24.3 Å². The third-order valence-corrected chi connectivity index (χ3v) is 2.67. The Bertz CT molecular complexity index is 309. The zero-order valence-electron chi connectivity index (χ0n) is 11.8. The van der Waals surface area contributed by atoms with E-state index in [1.807, 2.05) is 20.9 Å². The largest absolute Gasteiger partial charge is 0.491 e. The molecule has 0 unspecified atom stereocenters. The zero-order valence-corrected chi connectivity index (χ0v) is 11.8. The van der Waals surface area contributed by atoms with Gasteiger partial charge < -0.3 is 15.4 Å². The summed E-state index contributed by atoms with van der Waals surface area (Å²) < 4.78 is 5.62. The van der Waals surface area contributed by atoms with Crippen molar-refractivity contribution < 1.29 is 4.74 Å². The van der Waals surface area contributed by atoms with Gasteiger partial charge in [-0.05, 0) is 71.1 Å². The van der Waals surface area contributed by atoms with Gasteiger partial charge in [-0.3, -0.25) is 0 Å². The SMILES string of the molecule is CNCCCNCCc1ccc(OC(C)C)cc1. The van der Waals surface area contributed by atoms with Crippen LogP contribution in [0.1, 0.15) is 25.8 Å². The minimum Gasteiger partial charge on any atom is -0.491 e. The minimum atomic E-state index is 0.240. The van der Waals surface area contributed by atoms with Gasteiger partial charge in [-0.2, -0.15) is 0 Å². The van der Waals surface area contributed by atoms with Crippen molar-refractivity contribution in [2.75, 3.05) is 26.7 Å². The molecular formula is C15H26N2O. The van der Waals surface area contributed by atoms with Gasteiger partial charge in [-0.15, -0.1) is 0 Å². The van der Waals surface area contributed by atoms with Crippen LogP contribution in [0.5, 0.6) is 5.75 Å². The summed E-state index contributed by atoms with van der Waals surface area (Å²) in [5.41, 5.74) is 1.35. The summed E-state index contributed by atoms with van der Waals surface area (Å²) in [7, 11) is 1.99. The van der Waals surface area contributed by atoms with E-state index in [0.717, 1.165) is 31.8 Å². The van der Waals surface area contributed by atoms with Gasteiger partial charge in [0.05, 0.1) is 6.10 Å². The van der Waals surface area contributed by atoms with E-state index in [0.29, 0.717) is 0 Å². The highest BCUT2D eigenvalue weighted by Crippen LogP contribution is 2.13. The Kier molecular flexibility index (Phi) is 7.46. The molecule has 102 valence electrons.